The summed E-state index contributed by atoms with van der Waals surface area (Å²) in [6.07, 6.45) is 4.47. The Morgan fingerprint density at radius 1 is 1.42 bits per heavy atom. The number of hydrogen-bond acceptors (Lipinski definition) is 2. The van der Waals surface area contributed by atoms with Crippen LogP contribution in [0.1, 0.15) is 33.1 Å². The third kappa shape index (κ3) is 6.35. The van der Waals surface area contributed by atoms with Gasteiger partial charge < -0.3 is 9.69 Å². The molecule has 0 rings (SSSR count). The molecular formula is C10H21NO. The third-order valence-electron chi connectivity index (χ3n) is 2.22. The number of carbonyl (C=O) groups excluding carboxylic acids is 1. The topological polar surface area (TPSA) is 20.3 Å². The van der Waals surface area contributed by atoms with Gasteiger partial charge >= 0.3 is 0 Å². The van der Waals surface area contributed by atoms with Gasteiger partial charge in [0.25, 0.3) is 0 Å². The van der Waals surface area contributed by atoms with Crippen LogP contribution in [0.3, 0.4) is 0 Å². The van der Waals surface area contributed by atoms with Crippen molar-refractivity contribution < 1.29 is 4.79 Å². The highest BCUT2D eigenvalue weighted by Crippen LogP contribution is 2.05. The van der Waals surface area contributed by atoms with Crippen molar-refractivity contribution >= 4 is 6.29 Å². The SMILES string of the molecule is CCN(C)CCCCC(C)C=O. The molecule has 0 aromatic rings. The molecule has 0 spiro atoms. The maximum absolute atomic E-state index is 10.3. The summed E-state index contributed by atoms with van der Waals surface area (Å²) in [4.78, 5) is 12.6. The molecule has 0 saturated heterocycles. The highest BCUT2D eigenvalue weighted by Gasteiger charge is 1.99. The molecule has 0 fully saturated rings. The van der Waals surface area contributed by atoms with Crippen molar-refractivity contribution in [3.05, 3.63) is 0 Å². The number of hydrogen-bond donors (Lipinski definition) is 0. The summed E-state index contributed by atoms with van der Waals surface area (Å²) in [5.74, 6) is 0.247. The summed E-state index contributed by atoms with van der Waals surface area (Å²) in [7, 11) is 2.13. The fraction of sp³-hybridized carbons (Fsp3) is 0.900. The number of nitrogens with zero attached hydrogens (tertiary/aromatic N) is 1. The van der Waals surface area contributed by atoms with E-state index in [0.717, 1.165) is 25.8 Å². The smallest absolute Gasteiger partial charge is 0.122 e. The van der Waals surface area contributed by atoms with Crippen molar-refractivity contribution in [1.82, 2.24) is 4.90 Å². The lowest BCUT2D eigenvalue weighted by molar-refractivity contribution is -0.110. The van der Waals surface area contributed by atoms with Gasteiger partial charge in [0.1, 0.15) is 6.29 Å². The Morgan fingerprint density at radius 3 is 2.58 bits per heavy atom. The third-order valence-corrected chi connectivity index (χ3v) is 2.22. The largest absolute Gasteiger partial charge is 0.307 e. The average Bonchev–Trinajstić information content (AvgIpc) is 2.11. The van der Waals surface area contributed by atoms with Crippen molar-refractivity contribution in [3.63, 3.8) is 0 Å². The van der Waals surface area contributed by atoms with Gasteiger partial charge in [-0.2, -0.15) is 0 Å². The summed E-state index contributed by atoms with van der Waals surface area (Å²) in [5.41, 5.74) is 0. The van der Waals surface area contributed by atoms with Crippen LogP contribution in [0, 0.1) is 5.92 Å². The average molecular weight is 171 g/mol. The quantitative estimate of drug-likeness (QED) is 0.431. The maximum Gasteiger partial charge on any atom is 0.122 e. The van der Waals surface area contributed by atoms with E-state index in [1.807, 2.05) is 6.92 Å². The van der Waals surface area contributed by atoms with E-state index in [0.29, 0.717) is 0 Å². The van der Waals surface area contributed by atoms with Gasteiger partial charge in [0.15, 0.2) is 0 Å². The van der Waals surface area contributed by atoms with E-state index in [2.05, 4.69) is 18.9 Å². The van der Waals surface area contributed by atoms with Crippen LogP contribution in [0.2, 0.25) is 0 Å². The Kier molecular flexibility index (Phi) is 7.06. The van der Waals surface area contributed by atoms with E-state index < -0.39 is 0 Å². The van der Waals surface area contributed by atoms with E-state index in [1.54, 1.807) is 0 Å². The predicted molar refractivity (Wildman–Crippen MR) is 52.3 cm³/mol. The summed E-state index contributed by atoms with van der Waals surface area (Å²) < 4.78 is 0. The first-order chi connectivity index (χ1) is 5.70. The first-order valence-corrected chi connectivity index (χ1v) is 4.84. The van der Waals surface area contributed by atoms with Crippen molar-refractivity contribution in [3.8, 4) is 0 Å². The van der Waals surface area contributed by atoms with Gasteiger partial charge in [0.2, 0.25) is 0 Å². The molecule has 0 amide bonds. The van der Waals surface area contributed by atoms with Gasteiger partial charge in [0.05, 0.1) is 0 Å². The summed E-state index contributed by atoms with van der Waals surface area (Å²) in [6, 6.07) is 0. The molecule has 0 saturated carbocycles. The highest BCUT2D eigenvalue weighted by atomic mass is 16.1. The number of aldehydes is 1. The molecule has 0 bridgehead atoms. The highest BCUT2D eigenvalue weighted by molar-refractivity contribution is 5.52. The second kappa shape index (κ2) is 7.29. The lowest BCUT2D eigenvalue weighted by Gasteiger charge is -2.13. The summed E-state index contributed by atoms with van der Waals surface area (Å²) in [6.45, 7) is 6.41. The Balaban J connectivity index is 3.15. The van der Waals surface area contributed by atoms with Crippen LogP contribution in [0.4, 0.5) is 0 Å². The molecule has 2 heteroatoms. The lowest BCUT2D eigenvalue weighted by atomic mass is 10.1. The molecule has 0 aliphatic carbocycles. The molecule has 0 aliphatic heterocycles. The van der Waals surface area contributed by atoms with E-state index in [-0.39, 0.29) is 5.92 Å². The molecule has 0 aromatic heterocycles. The van der Waals surface area contributed by atoms with Gasteiger partial charge in [-0.3, -0.25) is 0 Å². The van der Waals surface area contributed by atoms with Crippen LogP contribution < -0.4 is 0 Å². The van der Waals surface area contributed by atoms with Crippen molar-refractivity contribution in [2.45, 2.75) is 33.1 Å². The van der Waals surface area contributed by atoms with Gasteiger partial charge in [-0.25, -0.2) is 0 Å². The van der Waals surface area contributed by atoms with Crippen molar-refractivity contribution in [2.24, 2.45) is 5.92 Å². The standard InChI is InChI=1S/C10H21NO/c1-4-11(3)8-6-5-7-10(2)9-12/h9-10H,4-8H2,1-3H3. The molecule has 72 valence electrons. The zero-order valence-corrected chi connectivity index (χ0v) is 8.55. The number of rotatable bonds is 7. The van der Waals surface area contributed by atoms with E-state index in [4.69, 9.17) is 0 Å². The molecule has 1 unspecified atom stereocenters. The fourth-order valence-corrected chi connectivity index (χ4v) is 1.07. The monoisotopic (exact) mass is 171 g/mol. The van der Waals surface area contributed by atoms with Crippen LogP contribution in [0.15, 0.2) is 0 Å². The van der Waals surface area contributed by atoms with E-state index in [9.17, 15) is 4.79 Å². The molecule has 0 heterocycles. The molecule has 0 aromatic carbocycles. The number of carbonyl (C=O) groups is 1. The van der Waals surface area contributed by atoms with E-state index >= 15 is 0 Å². The van der Waals surface area contributed by atoms with E-state index in [1.165, 1.54) is 12.8 Å². The van der Waals surface area contributed by atoms with Crippen LogP contribution >= 0.6 is 0 Å². The van der Waals surface area contributed by atoms with Crippen LogP contribution in [-0.2, 0) is 4.79 Å². The first kappa shape index (κ1) is 11.6. The molecule has 0 aliphatic rings. The zero-order chi connectivity index (χ0) is 9.40. The lowest BCUT2D eigenvalue weighted by Crippen LogP contribution is -2.18. The van der Waals surface area contributed by atoms with Crippen LogP contribution in [0.5, 0.6) is 0 Å². The van der Waals surface area contributed by atoms with Gasteiger partial charge in [-0.15, -0.1) is 0 Å². The molecule has 12 heavy (non-hydrogen) atoms. The fourth-order valence-electron chi connectivity index (χ4n) is 1.07. The molecule has 2 nitrogen and oxygen atoms in total. The minimum Gasteiger partial charge on any atom is -0.307 e. The minimum absolute atomic E-state index is 0.247. The Hall–Kier alpha value is -0.370. The maximum atomic E-state index is 10.3. The Labute approximate surface area is 75.9 Å². The predicted octanol–water partition coefficient (Wildman–Crippen LogP) is 1.94. The van der Waals surface area contributed by atoms with Gasteiger partial charge in [-0.05, 0) is 33.0 Å². The van der Waals surface area contributed by atoms with Crippen molar-refractivity contribution in [1.29, 1.82) is 0 Å². The second-order valence-corrected chi connectivity index (χ2v) is 3.51. The Morgan fingerprint density at radius 2 is 2.08 bits per heavy atom. The normalized spacial score (nSPS) is 13.3. The number of unbranched alkanes of at least 4 members (excludes halogenated alkanes) is 1. The molecule has 0 radical (unpaired) electrons. The first-order valence-electron chi connectivity index (χ1n) is 4.84. The van der Waals surface area contributed by atoms with Crippen LogP contribution in [0.25, 0.3) is 0 Å². The molecular weight excluding hydrogens is 150 g/mol. The van der Waals surface area contributed by atoms with Gasteiger partial charge in [0, 0.05) is 5.92 Å². The molecule has 0 N–H and O–H groups in total. The summed E-state index contributed by atoms with van der Waals surface area (Å²) in [5, 5.41) is 0. The second-order valence-electron chi connectivity index (χ2n) is 3.51. The molecule has 1 atom stereocenters. The van der Waals surface area contributed by atoms with Crippen molar-refractivity contribution in [2.75, 3.05) is 20.1 Å². The Bertz CT molecular complexity index is 114. The minimum atomic E-state index is 0.247. The van der Waals surface area contributed by atoms with Crippen LogP contribution in [-0.4, -0.2) is 31.3 Å². The summed E-state index contributed by atoms with van der Waals surface area (Å²) >= 11 is 0. The zero-order valence-electron chi connectivity index (χ0n) is 8.55. The van der Waals surface area contributed by atoms with Gasteiger partial charge in [-0.1, -0.05) is 20.3 Å².